The van der Waals surface area contributed by atoms with Crippen LogP contribution in [0.1, 0.15) is 36.1 Å². The van der Waals surface area contributed by atoms with Crippen LogP contribution in [0.5, 0.6) is 0 Å². The summed E-state index contributed by atoms with van der Waals surface area (Å²) >= 11 is 0. The summed E-state index contributed by atoms with van der Waals surface area (Å²) in [5.74, 6) is -1.75. The van der Waals surface area contributed by atoms with Crippen molar-refractivity contribution in [3.05, 3.63) is 77.2 Å². The summed E-state index contributed by atoms with van der Waals surface area (Å²) in [5, 5.41) is 2.51. The number of hydrogen-bond acceptors (Lipinski definition) is 4. The third-order valence-electron chi connectivity index (χ3n) is 4.63. The van der Waals surface area contributed by atoms with Crippen molar-refractivity contribution in [3.8, 4) is 0 Å². The predicted molar refractivity (Wildman–Crippen MR) is 105 cm³/mol. The average molecular weight is 396 g/mol. The van der Waals surface area contributed by atoms with E-state index in [1.165, 1.54) is 17.9 Å². The smallest absolute Gasteiger partial charge is 0.308 e. The number of nitrogens with one attached hydrogen (secondary N) is 1. The van der Waals surface area contributed by atoms with E-state index in [0.717, 1.165) is 11.1 Å². The van der Waals surface area contributed by atoms with Crippen molar-refractivity contribution in [3.63, 3.8) is 0 Å². The number of benzene rings is 2. The second kappa shape index (κ2) is 9.14. The van der Waals surface area contributed by atoms with Gasteiger partial charge in [0.2, 0.25) is 5.91 Å². The van der Waals surface area contributed by atoms with Crippen LogP contribution in [0.3, 0.4) is 0 Å². The molecule has 0 saturated heterocycles. The molecule has 0 saturated carbocycles. The van der Waals surface area contributed by atoms with E-state index >= 15 is 0 Å². The Morgan fingerprint density at radius 1 is 1.10 bits per heavy atom. The molecule has 0 unspecified atom stereocenters. The number of nitrogens with zero attached hydrogens (tertiary/aromatic N) is 1. The van der Waals surface area contributed by atoms with Gasteiger partial charge in [-0.3, -0.25) is 14.4 Å². The number of esters is 1. The zero-order valence-electron chi connectivity index (χ0n) is 15.9. The molecule has 1 heterocycles. The minimum atomic E-state index is -0.604. The molecule has 2 aromatic carbocycles. The van der Waals surface area contributed by atoms with Gasteiger partial charge in [-0.25, -0.2) is 4.39 Å². The third kappa shape index (κ3) is 5.07. The van der Waals surface area contributed by atoms with Gasteiger partial charge in [0.05, 0.1) is 12.5 Å². The molecule has 29 heavy (non-hydrogen) atoms. The van der Waals surface area contributed by atoms with Crippen LogP contribution in [0.15, 0.2) is 54.7 Å². The van der Waals surface area contributed by atoms with Gasteiger partial charge in [-0.2, -0.15) is 0 Å². The lowest BCUT2D eigenvalue weighted by Gasteiger charge is -2.32. The first-order chi connectivity index (χ1) is 14.0. The fourth-order valence-electron chi connectivity index (χ4n) is 3.16. The highest BCUT2D eigenvalue weighted by Crippen LogP contribution is 2.33. The molecule has 1 N–H and O–H groups in total. The van der Waals surface area contributed by atoms with E-state index in [1.54, 1.807) is 24.4 Å². The van der Waals surface area contributed by atoms with Crippen LogP contribution >= 0.6 is 0 Å². The molecule has 1 aliphatic rings. The van der Waals surface area contributed by atoms with Gasteiger partial charge in [0.25, 0.3) is 5.91 Å². The molecular weight excluding hydrogens is 375 g/mol. The van der Waals surface area contributed by atoms with Gasteiger partial charge in [0.1, 0.15) is 5.82 Å². The van der Waals surface area contributed by atoms with Gasteiger partial charge in [-0.05, 0) is 23.3 Å². The molecular formula is C22H21FN2O4. The first-order valence-electron chi connectivity index (χ1n) is 9.17. The van der Waals surface area contributed by atoms with E-state index in [1.807, 2.05) is 30.3 Å². The topological polar surface area (TPSA) is 75.7 Å². The van der Waals surface area contributed by atoms with Crippen molar-refractivity contribution < 1.29 is 23.5 Å². The van der Waals surface area contributed by atoms with Crippen LogP contribution < -0.4 is 5.32 Å². The average Bonchev–Trinajstić information content (AvgIpc) is 2.71. The number of ether oxygens (including phenoxy) is 1. The van der Waals surface area contributed by atoms with Crippen LogP contribution in [-0.4, -0.2) is 29.3 Å². The molecule has 0 radical (unpaired) electrons. The first kappa shape index (κ1) is 20.3. The Bertz CT molecular complexity index is 957. The van der Waals surface area contributed by atoms with Crippen LogP contribution in [0.4, 0.5) is 4.39 Å². The SMILES string of the molecule is CC(=O)N1C=Cc2ccccc2[C@H]1CC(=O)OCC(=O)NCc1ccccc1F. The lowest BCUT2D eigenvalue weighted by molar-refractivity contribution is -0.150. The van der Waals surface area contributed by atoms with E-state index in [-0.39, 0.29) is 18.9 Å². The zero-order chi connectivity index (χ0) is 20.8. The largest absolute Gasteiger partial charge is 0.456 e. The molecule has 0 aromatic heterocycles. The van der Waals surface area contributed by atoms with Gasteiger partial charge in [0, 0.05) is 25.2 Å². The molecule has 7 heteroatoms. The summed E-state index contributed by atoms with van der Waals surface area (Å²) in [6.07, 6.45) is 3.37. The van der Waals surface area contributed by atoms with Gasteiger partial charge in [-0.15, -0.1) is 0 Å². The minimum absolute atomic E-state index is 0.00195. The maximum atomic E-state index is 13.6. The van der Waals surface area contributed by atoms with E-state index in [2.05, 4.69) is 5.32 Å². The molecule has 1 atom stereocenters. The highest BCUT2D eigenvalue weighted by atomic mass is 19.1. The predicted octanol–water partition coefficient (Wildman–Crippen LogP) is 2.95. The quantitative estimate of drug-likeness (QED) is 0.762. The number of carbonyl (C=O) groups is 3. The summed E-state index contributed by atoms with van der Waals surface area (Å²) in [7, 11) is 0. The van der Waals surface area contributed by atoms with E-state index in [0.29, 0.717) is 5.56 Å². The normalized spacial score (nSPS) is 14.8. The number of amides is 2. The summed E-state index contributed by atoms with van der Waals surface area (Å²) in [6, 6.07) is 13.1. The molecule has 150 valence electrons. The summed E-state index contributed by atoms with van der Waals surface area (Å²) < 4.78 is 18.6. The van der Waals surface area contributed by atoms with E-state index < -0.39 is 30.3 Å². The molecule has 6 nitrogen and oxygen atoms in total. The highest BCUT2D eigenvalue weighted by Gasteiger charge is 2.28. The van der Waals surface area contributed by atoms with E-state index in [4.69, 9.17) is 4.74 Å². The van der Waals surface area contributed by atoms with Crippen molar-refractivity contribution in [2.75, 3.05) is 6.61 Å². The summed E-state index contributed by atoms with van der Waals surface area (Å²) in [4.78, 5) is 37.6. The number of fused-ring (bicyclic) bond motifs is 1. The van der Waals surface area contributed by atoms with Crippen LogP contribution in [0.25, 0.3) is 6.08 Å². The lowest BCUT2D eigenvalue weighted by Crippen LogP contribution is -2.33. The molecule has 0 spiro atoms. The van der Waals surface area contributed by atoms with Gasteiger partial charge in [0.15, 0.2) is 6.61 Å². The molecule has 2 aromatic rings. The fourth-order valence-corrected chi connectivity index (χ4v) is 3.16. The van der Waals surface area contributed by atoms with Crippen molar-refractivity contribution in [2.45, 2.75) is 25.9 Å². The highest BCUT2D eigenvalue weighted by molar-refractivity contribution is 5.82. The lowest BCUT2D eigenvalue weighted by atomic mass is 9.94. The van der Waals surface area contributed by atoms with Crippen LogP contribution in [0, 0.1) is 5.82 Å². The Kier molecular flexibility index (Phi) is 6.39. The van der Waals surface area contributed by atoms with Crippen LogP contribution in [-0.2, 0) is 25.7 Å². The van der Waals surface area contributed by atoms with Gasteiger partial charge >= 0.3 is 5.97 Å². The Labute approximate surface area is 168 Å². The monoisotopic (exact) mass is 396 g/mol. The molecule has 1 aliphatic heterocycles. The summed E-state index contributed by atoms with van der Waals surface area (Å²) in [6.45, 7) is 0.951. The molecule has 0 aliphatic carbocycles. The third-order valence-corrected chi connectivity index (χ3v) is 4.63. The Morgan fingerprint density at radius 2 is 1.83 bits per heavy atom. The Balaban J connectivity index is 1.55. The fraction of sp³-hybridized carbons (Fsp3) is 0.227. The maximum Gasteiger partial charge on any atom is 0.308 e. The Hall–Kier alpha value is -3.48. The maximum absolute atomic E-state index is 13.6. The molecule has 2 amide bonds. The van der Waals surface area contributed by atoms with Crippen LogP contribution in [0.2, 0.25) is 0 Å². The number of hydrogen-bond donors (Lipinski definition) is 1. The number of carbonyl (C=O) groups excluding carboxylic acids is 3. The Morgan fingerprint density at radius 3 is 2.59 bits per heavy atom. The van der Waals surface area contributed by atoms with Crippen molar-refractivity contribution in [1.29, 1.82) is 0 Å². The first-order valence-corrected chi connectivity index (χ1v) is 9.17. The van der Waals surface area contributed by atoms with E-state index in [9.17, 15) is 18.8 Å². The minimum Gasteiger partial charge on any atom is -0.456 e. The zero-order valence-corrected chi connectivity index (χ0v) is 15.9. The molecule has 0 fully saturated rings. The summed E-state index contributed by atoms with van der Waals surface area (Å²) in [5.41, 5.74) is 2.10. The van der Waals surface area contributed by atoms with Gasteiger partial charge < -0.3 is 15.0 Å². The standard InChI is InChI=1S/C22H21FN2O4/c1-15(26)25-11-10-16-6-2-4-8-18(16)20(25)12-22(28)29-14-21(27)24-13-17-7-3-5-9-19(17)23/h2-11,20H,12-14H2,1H3,(H,24,27)/t20-/m1/s1. The van der Waals surface area contributed by atoms with Crippen molar-refractivity contribution >= 4 is 23.9 Å². The molecule has 3 rings (SSSR count). The van der Waals surface area contributed by atoms with Crippen molar-refractivity contribution in [1.82, 2.24) is 10.2 Å². The second-order valence-electron chi connectivity index (χ2n) is 6.62. The number of halogens is 1. The van der Waals surface area contributed by atoms with Crippen molar-refractivity contribution in [2.24, 2.45) is 0 Å². The second-order valence-corrected chi connectivity index (χ2v) is 6.62. The number of rotatable bonds is 6. The van der Waals surface area contributed by atoms with Gasteiger partial charge in [-0.1, -0.05) is 42.5 Å². The molecule has 0 bridgehead atoms.